The van der Waals surface area contributed by atoms with Crippen LogP contribution < -0.4 is 21.5 Å². The van der Waals surface area contributed by atoms with Gasteiger partial charge in [-0.05, 0) is 19.1 Å². The van der Waals surface area contributed by atoms with Crippen LogP contribution in [0.2, 0.25) is 0 Å². The molecule has 0 spiro atoms. The maximum absolute atomic E-state index is 11.7. The first-order valence-electron chi connectivity index (χ1n) is 6.53. The smallest absolute Gasteiger partial charge is 0.271 e. The Hall–Kier alpha value is -0.720. The predicted octanol–water partition coefficient (Wildman–Crippen LogP) is 1.01. The number of hydrazine groups is 1. The van der Waals surface area contributed by atoms with Crippen LogP contribution in [0.1, 0.15) is 38.5 Å². The summed E-state index contributed by atoms with van der Waals surface area (Å²) in [6, 6.07) is 0.445. The van der Waals surface area contributed by atoms with Crippen molar-refractivity contribution < 1.29 is 4.79 Å². The summed E-state index contributed by atoms with van der Waals surface area (Å²) in [5.74, 6) is -0.163. The van der Waals surface area contributed by atoms with Crippen LogP contribution in [0.4, 0.5) is 0 Å². The Bertz CT molecular complexity index is 328. The zero-order valence-electron chi connectivity index (χ0n) is 10.8. The van der Waals surface area contributed by atoms with Gasteiger partial charge in [0.15, 0.2) is 0 Å². The zero-order valence-corrected chi connectivity index (χ0v) is 11.7. The highest BCUT2D eigenvalue weighted by molar-refractivity contribution is 7.99. The quantitative estimate of drug-likeness (QED) is 0.350. The first-order chi connectivity index (χ1) is 8.65. The van der Waals surface area contributed by atoms with E-state index in [0.717, 1.165) is 0 Å². The molecule has 4 N–H and O–H groups in total. The lowest BCUT2D eigenvalue weighted by molar-refractivity contribution is -0.121. The van der Waals surface area contributed by atoms with Crippen LogP contribution >= 0.6 is 11.8 Å². The summed E-state index contributed by atoms with van der Waals surface area (Å²) in [5, 5.41) is 5.83. The van der Waals surface area contributed by atoms with E-state index < -0.39 is 5.12 Å². The van der Waals surface area contributed by atoms with Gasteiger partial charge in [0.25, 0.3) is 5.91 Å². The normalized spacial score (nSPS) is 30.5. The van der Waals surface area contributed by atoms with Crippen molar-refractivity contribution in [1.82, 2.24) is 21.5 Å². The fraction of sp³-hybridized carbons (Fsp3) is 0.750. The summed E-state index contributed by atoms with van der Waals surface area (Å²) in [6.07, 6.45) is 9.46. The standard InChI is InChI=1S/C12H22N4OS/c1-9-11(17)14-12(18-2,16-15-9)13-10-7-5-3-4-6-8-10/h10,13,15-16H,1,3-8H2,2H3,(H,14,17)/t12-/m1/s1. The Morgan fingerprint density at radius 2 is 2.00 bits per heavy atom. The number of carbonyl (C=O) groups is 1. The highest BCUT2D eigenvalue weighted by Gasteiger charge is 2.37. The first kappa shape index (κ1) is 13.7. The molecular weight excluding hydrogens is 248 g/mol. The fourth-order valence-electron chi connectivity index (χ4n) is 2.43. The number of thioether (sulfide) groups is 1. The van der Waals surface area contributed by atoms with Crippen LogP contribution in [0.3, 0.4) is 0 Å². The molecule has 2 fully saturated rings. The minimum atomic E-state index is -0.632. The van der Waals surface area contributed by atoms with Crippen LogP contribution in [-0.4, -0.2) is 23.3 Å². The summed E-state index contributed by atoms with van der Waals surface area (Å²) in [7, 11) is 0. The average molecular weight is 270 g/mol. The van der Waals surface area contributed by atoms with Gasteiger partial charge in [-0.3, -0.25) is 10.1 Å². The van der Waals surface area contributed by atoms with Gasteiger partial charge in [-0.25, -0.2) is 0 Å². The number of hydrogen-bond donors (Lipinski definition) is 4. The van der Waals surface area contributed by atoms with Crippen molar-refractivity contribution in [3.05, 3.63) is 12.3 Å². The topological polar surface area (TPSA) is 65.2 Å². The molecule has 1 atom stereocenters. The molecule has 1 saturated carbocycles. The third-order valence-corrected chi connectivity index (χ3v) is 4.46. The zero-order chi connectivity index (χ0) is 13.0. The van der Waals surface area contributed by atoms with Crippen LogP contribution in [0, 0.1) is 0 Å². The van der Waals surface area contributed by atoms with Crippen molar-refractivity contribution in [2.24, 2.45) is 0 Å². The molecule has 102 valence electrons. The number of rotatable bonds is 3. The highest BCUT2D eigenvalue weighted by atomic mass is 32.2. The van der Waals surface area contributed by atoms with Crippen LogP contribution in [0.15, 0.2) is 12.3 Å². The van der Waals surface area contributed by atoms with Gasteiger partial charge in [-0.1, -0.05) is 32.3 Å². The maximum atomic E-state index is 11.7. The molecule has 1 amide bonds. The van der Waals surface area contributed by atoms with Crippen LogP contribution in [0.5, 0.6) is 0 Å². The minimum absolute atomic E-state index is 0.163. The number of nitrogens with one attached hydrogen (secondary N) is 4. The lowest BCUT2D eigenvalue weighted by Gasteiger charge is -2.41. The Labute approximate surface area is 113 Å². The summed E-state index contributed by atoms with van der Waals surface area (Å²) in [5.41, 5.74) is 6.29. The van der Waals surface area contributed by atoms with E-state index in [2.05, 4.69) is 28.1 Å². The van der Waals surface area contributed by atoms with Gasteiger partial charge < -0.3 is 10.7 Å². The number of hydrogen-bond acceptors (Lipinski definition) is 5. The molecule has 6 heteroatoms. The molecule has 2 aliphatic rings. The summed E-state index contributed by atoms with van der Waals surface area (Å²) in [4.78, 5) is 11.7. The molecule has 2 rings (SSSR count). The Morgan fingerprint density at radius 3 is 2.56 bits per heavy atom. The van der Waals surface area contributed by atoms with Crippen molar-refractivity contribution >= 4 is 17.7 Å². The van der Waals surface area contributed by atoms with E-state index in [1.807, 2.05) is 6.26 Å². The van der Waals surface area contributed by atoms with E-state index >= 15 is 0 Å². The van der Waals surface area contributed by atoms with Gasteiger partial charge >= 0.3 is 0 Å². The van der Waals surface area contributed by atoms with Crippen LogP contribution in [-0.2, 0) is 4.79 Å². The Morgan fingerprint density at radius 1 is 1.33 bits per heavy atom. The van der Waals surface area contributed by atoms with Crippen molar-refractivity contribution in [3.63, 3.8) is 0 Å². The molecule has 18 heavy (non-hydrogen) atoms. The predicted molar refractivity (Wildman–Crippen MR) is 74.4 cm³/mol. The monoisotopic (exact) mass is 270 g/mol. The molecular formula is C12H22N4OS. The van der Waals surface area contributed by atoms with Gasteiger partial charge in [-0.15, -0.1) is 11.8 Å². The maximum Gasteiger partial charge on any atom is 0.271 e. The Balaban J connectivity index is 1.98. The van der Waals surface area contributed by atoms with Crippen molar-refractivity contribution in [2.75, 3.05) is 6.26 Å². The van der Waals surface area contributed by atoms with Gasteiger partial charge in [0.2, 0.25) is 5.12 Å². The fourth-order valence-corrected chi connectivity index (χ4v) is 3.06. The molecule has 1 heterocycles. The van der Waals surface area contributed by atoms with E-state index in [0.29, 0.717) is 11.7 Å². The molecule has 0 bridgehead atoms. The molecule has 0 aromatic rings. The van der Waals surface area contributed by atoms with Gasteiger partial charge in [-0.2, -0.15) is 5.43 Å². The Kier molecular flexibility index (Phi) is 4.53. The SMILES string of the molecule is C=C1NN[C@](NC2CCCCCC2)(SC)NC1=O. The molecule has 1 aliphatic carbocycles. The van der Waals surface area contributed by atoms with Crippen molar-refractivity contribution in [1.29, 1.82) is 0 Å². The average Bonchev–Trinajstić information content (AvgIpc) is 2.63. The largest absolute Gasteiger partial charge is 0.313 e. The second-order valence-electron chi connectivity index (χ2n) is 4.90. The van der Waals surface area contributed by atoms with E-state index in [4.69, 9.17) is 0 Å². The van der Waals surface area contributed by atoms with Gasteiger partial charge in [0, 0.05) is 6.04 Å². The summed E-state index contributed by atoms with van der Waals surface area (Å²) < 4.78 is 0. The van der Waals surface area contributed by atoms with Crippen LogP contribution in [0.25, 0.3) is 0 Å². The van der Waals surface area contributed by atoms with E-state index in [1.165, 1.54) is 38.5 Å². The summed E-state index contributed by atoms with van der Waals surface area (Å²) in [6.45, 7) is 3.63. The lowest BCUT2D eigenvalue weighted by atomic mass is 10.1. The second kappa shape index (κ2) is 5.95. The van der Waals surface area contributed by atoms with Crippen molar-refractivity contribution in [3.8, 4) is 0 Å². The van der Waals surface area contributed by atoms with Gasteiger partial charge in [0.05, 0.1) is 0 Å². The minimum Gasteiger partial charge on any atom is -0.313 e. The molecule has 1 aliphatic heterocycles. The lowest BCUT2D eigenvalue weighted by Crippen LogP contribution is -2.74. The second-order valence-corrected chi connectivity index (χ2v) is 5.92. The van der Waals surface area contributed by atoms with E-state index in [9.17, 15) is 4.79 Å². The van der Waals surface area contributed by atoms with E-state index in [-0.39, 0.29) is 5.91 Å². The van der Waals surface area contributed by atoms with Crippen molar-refractivity contribution in [2.45, 2.75) is 49.7 Å². The highest BCUT2D eigenvalue weighted by Crippen LogP contribution is 2.22. The molecule has 0 aromatic heterocycles. The van der Waals surface area contributed by atoms with E-state index in [1.54, 1.807) is 11.8 Å². The molecule has 5 nitrogen and oxygen atoms in total. The number of amides is 1. The number of carbonyl (C=O) groups excluding carboxylic acids is 1. The third kappa shape index (κ3) is 3.18. The van der Waals surface area contributed by atoms with Gasteiger partial charge in [0.1, 0.15) is 5.70 Å². The molecule has 1 saturated heterocycles. The molecule has 0 unspecified atom stereocenters. The molecule has 0 radical (unpaired) electrons. The third-order valence-electron chi connectivity index (χ3n) is 3.52. The first-order valence-corrected chi connectivity index (χ1v) is 7.75. The summed E-state index contributed by atoms with van der Waals surface area (Å²) >= 11 is 1.54. The molecule has 0 aromatic carbocycles.